The molecule has 8 nitrogen and oxygen atoms in total. The maximum atomic E-state index is 13.5. The molecule has 3 atom stereocenters. The number of nitro benzene ring substituents is 1. The molecule has 2 aromatic rings. The molecule has 1 aliphatic heterocycles. The Labute approximate surface area is 173 Å². The molecule has 0 bridgehead atoms. The van der Waals surface area contributed by atoms with E-state index in [-0.39, 0.29) is 17.4 Å². The van der Waals surface area contributed by atoms with Gasteiger partial charge in [-0.2, -0.15) is 0 Å². The molecule has 0 aromatic heterocycles. The third kappa shape index (κ3) is 3.30. The number of benzene rings is 2. The Morgan fingerprint density at radius 2 is 1.80 bits per heavy atom. The Morgan fingerprint density at radius 1 is 1.13 bits per heavy atom. The number of methoxy groups -OCH3 is 1. The van der Waals surface area contributed by atoms with E-state index < -0.39 is 22.9 Å². The molecule has 2 aliphatic rings. The summed E-state index contributed by atoms with van der Waals surface area (Å²) in [5.74, 6) is -1.96. The summed E-state index contributed by atoms with van der Waals surface area (Å²) in [5, 5.41) is 17.8. The van der Waals surface area contributed by atoms with Crippen LogP contribution in [0.25, 0.3) is 0 Å². The molecule has 8 heteroatoms. The molecule has 0 radical (unpaired) electrons. The molecule has 30 heavy (non-hydrogen) atoms. The molecule has 1 heterocycles. The number of esters is 1. The first-order valence-corrected chi connectivity index (χ1v) is 9.62. The minimum absolute atomic E-state index is 0.0314. The van der Waals surface area contributed by atoms with Crippen LogP contribution in [0.5, 0.6) is 0 Å². The fourth-order valence-electron chi connectivity index (χ4n) is 4.17. The van der Waals surface area contributed by atoms with Gasteiger partial charge < -0.3 is 15.4 Å². The number of anilines is 2. The number of ketones is 1. The Bertz CT molecular complexity index is 1060. The third-order valence-corrected chi connectivity index (χ3v) is 5.66. The van der Waals surface area contributed by atoms with E-state index in [0.717, 1.165) is 17.1 Å². The lowest BCUT2D eigenvalue weighted by Gasteiger charge is -2.32. The number of nitrogens with one attached hydrogen (secondary N) is 2. The number of rotatable bonds is 3. The number of hydrogen-bond donors (Lipinski definition) is 2. The van der Waals surface area contributed by atoms with Crippen LogP contribution in [0.3, 0.4) is 0 Å². The highest BCUT2D eigenvalue weighted by Crippen LogP contribution is 2.43. The number of fused-ring (bicyclic) bond motifs is 1. The topological polar surface area (TPSA) is 111 Å². The quantitative estimate of drug-likeness (QED) is 0.344. The molecule has 1 aliphatic carbocycles. The summed E-state index contributed by atoms with van der Waals surface area (Å²) in [5.41, 5.74) is 3.48. The average molecular weight is 407 g/mol. The second-order valence-electron chi connectivity index (χ2n) is 7.54. The van der Waals surface area contributed by atoms with E-state index in [4.69, 9.17) is 4.74 Å². The van der Waals surface area contributed by atoms with E-state index in [1.807, 2.05) is 31.2 Å². The number of Topliss-reactive ketones (excluding diaryl/α,β-unsaturated/α-hetero) is 1. The molecule has 4 rings (SSSR count). The first kappa shape index (κ1) is 19.6. The number of carbonyl (C=O) groups excluding carboxylic acids is 2. The summed E-state index contributed by atoms with van der Waals surface area (Å²) in [6.07, 6.45) is 0.500. The number of hydrogen-bond acceptors (Lipinski definition) is 7. The Hall–Kier alpha value is -3.68. The SMILES string of the molecule is COC(=O)[C@H]1C(=O)C2=C(C[C@@H]1C)Nc1ccccc1N[C@H]2c1ccc([N+](=O)[O-])cc1. The minimum atomic E-state index is -0.890. The number of carbonyl (C=O) groups is 2. The van der Waals surface area contributed by atoms with Crippen molar-refractivity contribution in [2.75, 3.05) is 17.7 Å². The van der Waals surface area contributed by atoms with Gasteiger partial charge in [0, 0.05) is 23.4 Å². The van der Waals surface area contributed by atoms with E-state index >= 15 is 0 Å². The van der Waals surface area contributed by atoms with Gasteiger partial charge in [0.25, 0.3) is 5.69 Å². The van der Waals surface area contributed by atoms with E-state index in [2.05, 4.69) is 10.6 Å². The van der Waals surface area contributed by atoms with Gasteiger partial charge in [0.2, 0.25) is 0 Å². The van der Waals surface area contributed by atoms with Gasteiger partial charge in [0.05, 0.1) is 29.4 Å². The fourth-order valence-corrected chi connectivity index (χ4v) is 4.17. The van der Waals surface area contributed by atoms with Crippen LogP contribution in [0.1, 0.15) is 24.9 Å². The second-order valence-corrected chi connectivity index (χ2v) is 7.54. The lowest BCUT2D eigenvalue weighted by Crippen LogP contribution is -2.39. The zero-order valence-corrected chi connectivity index (χ0v) is 16.5. The molecule has 0 amide bonds. The average Bonchev–Trinajstić information content (AvgIpc) is 2.90. The number of nitro groups is 1. The van der Waals surface area contributed by atoms with Crippen molar-refractivity contribution in [3.05, 3.63) is 75.5 Å². The van der Waals surface area contributed by atoms with Crippen molar-refractivity contribution in [2.24, 2.45) is 11.8 Å². The number of allylic oxidation sites excluding steroid dienone is 1. The molecule has 0 unspecified atom stereocenters. The third-order valence-electron chi connectivity index (χ3n) is 5.66. The molecule has 154 valence electrons. The lowest BCUT2D eigenvalue weighted by molar-refractivity contribution is -0.384. The van der Waals surface area contributed by atoms with Gasteiger partial charge in [-0.3, -0.25) is 19.7 Å². The largest absolute Gasteiger partial charge is 0.468 e. The van der Waals surface area contributed by atoms with Gasteiger partial charge in [-0.25, -0.2) is 0 Å². The Balaban J connectivity index is 1.85. The first-order chi connectivity index (χ1) is 14.4. The molecule has 2 aromatic carbocycles. The molecule has 0 spiro atoms. The van der Waals surface area contributed by atoms with Gasteiger partial charge in [-0.05, 0) is 42.2 Å². The van der Waals surface area contributed by atoms with E-state index in [0.29, 0.717) is 17.6 Å². The maximum absolute atomic E-state index is 13.5. The van der Waals surface area contributed by atoms with Gasteiger partial charge in [0.15, 0.2) is 5.78 Å². The van der Waals surface area contributed by atoms with Crippen LogP contribution >= 0.6 is 0 Å². The lowest BCUT2D eigenvalue weighted by atomic mass is 9.75. The summed E-state index contributed by atoms with van der Waals surface area (Å²) < 4.78 is 4.89. The Morgan fingerprint density at radius 3 is 2.43 bits per heavy atom. The van der Waals surface area contributed by atoms with Crippen LogP contribution in [0, 0.1) is 22.0 Å². The Kier molecular flexibility index (Phi) is 4.99. The summed E-state index contributed by atoms with van der Waals surface area (Å²) in [6, 6.07) is 13.1. The number of para-hydroxylation sites is 2. The van der Waals surface area contributed by atoms with Crippen LogP contribution in [0.15, 0.2) is 59.8 Å². The van der Waals surface area contributed by atoms with Crippen LogP contribution in [-0.4, -0.2) is 23.8 Å². The molecule has 0 saturated carbocycles. The van der Waals surface area contributed by atoms with Crippen LogP contribution < -0.4 is 10.6 Å². The highest BCUT2D eigenvalue weighted by Gasteiger charge is 2.44. The molecular weight excluding hydrogens is 386 g/mol. The van der Waals surface area contributed by atoms with Crippen molar-refractivity contribution < 1.29 is 19.2 Å². The summed E-state index contributed by atoms with van der Waals surface area (Å²) in [6.45, 7) is 1.86. The van der Waals surface area contributed by atoms with Crippen molar-refractivity contribution >= 4 is 28.8 Å². The van der Waals surface area contributed by atoms with Crippen molar-refractivity contribution in [3.63, 3.8) is 0 Å². The van der Waals surface area contributed by atoms with Gasteiger partial charge in [0.1, 0.15) is 5.92 Å². The highest BCUT2D eigenvalue weighted by atomic mass is 16.6. The van der Waals surface area contributed by atoms with Crippen LogP contribution in [0.2, 0.25) is 0 Å². The van der Waals surface area contributed by atoms with Crippen molar-refractivity contribution in [1.29, 1.82) is 0 Å². The normalized spacial score (nSPS) is 22.7. The van der Waals surface area contributed by atoms with E-state index in [1.54, 1.807) is 12.1 Å². The van der Waals surface area contributed by atoms with Crippen LogP contribution in [0.4, 0.5) is 17.1 Å². The monoisotopic (exact) mass is 407 g/mol. The maximum Gasteiger partial charge on any atom is 0.316 e. The number of non-ortho nitro benzene ring substituents is 1. The van der Waals surface area contributed by atoms with E-state index in [9.17, 15) is 19.7 Å². The molecule has 2 N–H and O–H groups in total. The second kappa shape index (κ2) is 7.62. The summed E-state index contributed by atoms with van der Waals surface area (Å²) >= 11 is 0. The van der Waals surface area contributed by atoms with Gasteiger partial charge in [-0.1, -0.05) is 19.1 Å². The predicted octanol–water partition coefficient (Wildman–Crippen LogP) is 3.83. The zero-order valence-electron chi connectivity index (χ0n) is 16.5. The van der Waals surface area contributed by atoms with E-state index in [1.165, 1.54) is 19.2 Å². The summed E-state index contributed by atoms with van der Waals surface area (Å²) in [7, 11) is 1.28. The van der Waals surface area contributed by atoms with Crippen molar-refractivity contribution in [3.8, 4) is 0 Å². The molecule has 0 saturated heterocycles. The smallest absolute Gasteiger partial charge is 0.316 e. The molecule has 0 fully saturated rings. The van der Waals surface area contributed by atoms with Crippen LogP contribution in [-0.2, 0) is 14.3 Å². The first-order valence-electron chi connectivity index (χ1n) is 9.62. The predicted molar refractivity (Wildman–Crippen MR) is 111 cm³/mol. The fraction of sp³-hybridized carbons (Fsp3) is 0.273. The summed E-state index contributed by atoms with van der Waals surface area (Å²) in [4.78, 5) is 36.4. The standard InChI is InChI=1S/C22H21N3O5/c1-12-11-17-19(21(26)18(12)22(27)30-2)20(13-7-9-14(10-8-13)25(28)29)24-16-6-4-3-5-15(16)23-17/h3-10,12,18,20,23-24H,11H2,1-2H3/t12-,18+,20-/m0/s1. The van der Waals surface area contributed by atoms with Crippen molar-refractivity contribution in [1.82, 2.24) is 0 Å². The zero-order chi connectivity index (χ0) is 21.4. The molecular formula is C22H21N3O5. The highest BCUT2D eigenvalue weighted by molar-refractivity contribution is 6.11. The van der Waals surface area contributed by atoms with Gasteiger partial charge >= 0.3 is 5.97 Å². The van der Waals surface area contributed by atoms with Crippen molar-refractivity contribution in [2.45, 2.75) is 19.4 Å². The van der Waals surface area contributed by atoms with Gasteiger partial charge in [-0.15, -0.1) is 0 Å². The number of ether oxygens (including phenoxy) is 1. The number of nitrogens with zero attached hydrogens (tertiary/aromatic N) is 1. The minimum Gasteiger partial charge on any atom is -0.468 e.